The standard InChI is InChI=1S/C29H30O4/c1-2-3-12-21-19-25(22-13-10-11-14-22)27(33-29(31)24-17-8-5-9-18-24)26(20-21)32-28(30)23-15-6-4-7-16-23/h4-9,15-20,22H,2-3,10-14H2,1H3. The van der Waals surface area contributed by atoms with E-state index < -0.39 is 11.9 Å². The van der Waals surface area contributed by atoms with Crippen LogP contribution in [-0.2, 0) is 6.42 Å². The predicted molar refractivity (Wildman–Crippen MR) is 129 cm³/mol. The highest BCUT2D eigenvalue weighted by molar-refractivity contribution is 5.93. The molecule has 1 saturated carbocycles. The minimum absolute atomic E-state index is 0.291. The van der Waals surface area contributed by atoms with E-state index in [0.717, 1.165) is 56.1 Å². The molecule has 0 radical (unpaired) electrons. The van der Waals surface area contributed by atoms with Gasteiger partial charge < -0.3 is 9.47 Å². The largest absolute Gasteiger partial charge is 0.419 e. The van der Waals surface area contributed by atoms with Gasteiger partial charge in [0.05, 0.1) is 11.1 Å². The topological polar surface area (TPSA) is 52.6 Å². The van der Waals surface area contributed by atoms with Gasteiger partial charge >= 0.3 is 11.9 Å². The maximum absolute atomic E-state index is 13.0. The number of benzene rings is 3. The van der Waals surface area contributed by atoms with Crippen LogP contribution in [0.2, 0.25) is 0 Å². The lowest BCUT2D eigenvalue weighted by atomic mass is 9.93. The zero-order chi connectivity index (χ0) is 23.0. The van der Waals surface area contributed by atoms with Crippen LogP contribution in [-0.4, -0.2) is 11.9 Å². The van der Waals surface area contributed by atoms with E-state index in [1.165, 1.54) is 0 Å². The van der Waals surface area contributed by atoms with E-state index in [0.29, 0.717) is 28.5 Å². The summed E-state index contributed by atoms with van der Waals surface area (Å²) in [6, 6.07) is 21.8. The molecular weight excluding hydrogens is 412 g/mol. The van der Waals surface area contributed by atoms with Crippen molar-refractivity contribution in [1.82, 2.24) is 0 Å². The monoisotopic (exact) mass is 442 g/mol. The third-order valence-electron chi connectivity index (χ3n) is 6.17. The Morgan fingerprint density at radius 1 is 0.818 bits per heavy atom. The highest BCUT2D eigenvalue weighted by atomic mass is 16.6. The Labute approximate surface area is 195 Å². The van der Waals surface area contributed by atoms with E-state index in [4.69, 9.17) is 9.47 Å². The fourth-order valence-corrected chi connectivity index (χ4v) is 4.39. The predicted octanol–water partition coefficient (Wildman–Crippen LogP) is 7.13. The number of unbranched alkanes of at least 4 members (excludes halogenated alkanes) is 1. The molecule has 0 saturated heterocycles. The Hall–Kier alpha value is -3.40. The molecule has 4 rings (SSSR count). The quantitative estimate of drug-likeness (QED) is 0.275. The van der Waals surface area contributed by atoms with Crippen molar-refractivity contribution in [3.05, 3.63) is 95.1 Å². The fourth-order valence-electron chi connectivity index (χ4n) is 4.39. The summed E-state index contributed by atoms with van der Waals surface area (Å²) in [5, 5.41) is 0. The molecule has 33 heavy (non-hydrogen) atoms. The highest BCUT2D eigenvalue weighted by Gasteiger charge is 2.27. The normalized spacial score (nSPS) is 13.6. The van der Waals surface area contributed by atoms with Crippen molar-refractivity contribution in [2.45, 2.75) is 57.8 Å². The minimum Gasteiger partial charge on any atom is -0.419 e. The van der Waals surface area contributed by atoms with Crippen molar-refractivity contribution in [3.63, 3.8) is 0 Å². The van der Waals surface area contributed by atoms with Gasteiger partial charge in [0.2, 0.25) is 0 Å². The molecule has 0 unspecified atom stereocenters. The van der Waals surface area contributed by atoms with Gasteiger partial charge in [-0.15, -0.1) is 0 Å². The van der Waals surface area contributed by atoms with Crippen LogP contribution >= 0.6 is 0 Å². The van der Waals surface area contributed by atoms with Crippen LogP contribution in [0.1, 0.15) is 83.2 Å². The van der Waals surface area contributed by atoms with Gasteiger partial charge in [0.25, 0.3) is 0 Å². The maximum Gasteiger partial charge on any atom is 0.343 e. The Balaban J connectivity index is 1.75. The van der Waals surface area contributed by atoms with Crippen LogP contribution in [0.15, 0.2) is 72.8 Å². The van der Waals surface area contributed by atoms with Crippen molar-refractivity contribution in [1.29, 1.82) is 0 Å². The summed E-state index contributed by atoms with van der Waals surface area (Å²) in [7, 11) is 0. The minimum atomic E-state index is -0.461. The van der Waals surface area contributed by atoms with Crippen LogP contribution < -0.4 is 9.47 Å². The summed E-state index contributed by atoms with van der Waals surface area (Å²) in [6.07, 6.45) is 7.38. The zero-order valence-electron chi connectivity index (χ0n) is 19.1. The maximum atomic E-state index is 13.0. The molecule has 4 heteroatoms. The lowest BCUT2D eigenvalue weighted by Crippen LogP contribution is -2.15. The summed E-state index contributed by atoms with van der Waals surface area (Å²) in [6.45, 7) is 2.16. The summed E-state index contributed by atoms with van der Waals surface area (Å²) in [5.41, 5.74) is 3.00. The van der Waals surface area contributed by atoms with Gasteiger partial charge in [0.1, 0.15) is 0 Å². The second kappa shape index (κ2) is 11.0. The van der Waals surface area contributed by atoms with Gasteiger partial charge in [-0.05, 0) is 67.5 Å². The second-order valence-corrected chi connectivity index (χ2v) is 8.61. The molecule has 0 heterocycles. The van der Waals surface area contributed by atoms with Crippen molar-refractivity contribution in [2.24, 2.45) is 0 Å². The molecule has 0 spiro atoms. The molecule has 1 aliphatic rings. The van der Waals surface area contributed by atoms with Gasteiger partial charge in [-0.3, -0.25) is 0 Å². The highest BCUT2D eigenvalue weighted by Crippen LogP contribution is 2.44. The average Bonchev–Trinajstić information content (AvgIpc) is 3.40. The zero-order valence-corrected chi connectivity index (χ0v) is 19.1. The number of hydrogen-bond acceptors (Lipinski definition) is 4. The summed E-state index contributed by atoms with van der Waals surface area (Å²) < 4.78 is 11.8. The Kier molecular flexibility index (Phi) is 7.56. The SMILES string of the molecule is CCCCc1cc(OC(=O)c2ccccc2)c(OC(=O)c2ccccc2)c(C2CCCC2)c1. The Morgan fingerprint density at radius 3 is 1.97 bits per heavy atom. The summed E-state index contributed by atoms with van der Waals surface area (Å²) in [4.78, 5) is 25.9. The van der Waals surface area contributed by atoms with Gasteiger partial charge in [-0.1, -0.05) is 68.7 Å². The van der Waals surface area contributed by atoms with Crippen LogP contribution in [0.3, 0.4) is 0 Å². The Morgan fingerprint density at radius 2 is 1.39 bits per heavy atom. The molecule has 0 amide bonds. The molecule has 3 aromatic rings. The fraction of sp³-hybridized carbons (Fsp3) is 0.310. The lowest BCUT2D eigenvalue weighted by molar-refractivity contribution is 0.0680. The number of aryl methyl sites for hydroxylation is 1. The molecule has 170 valence electrons. The van der Waals surface area contributed by atoms with Crippen LogP contribution in [0, 0.1) is 0 Å². The van der Waals surface area contributed by atoms with Crippen LogP contribution in [0.5, 0.6) is 11.5 Å². The number of rotatable bonds is 8. The molecule has 3 aromatic carbocycles. The third kappa shape index (κ3) is 5.70. The molecule has 0 aromatic heterocycles. The third-order valence-corrected chi connectivity index (χ3v) is 6.17. The lowest BCUT2D eigenvalue weighted by Gasteiger charge is -2.20. The van der Waals surface area contributed by atoms with Crippen molar-refractivity contribution >= 4 is 11.9 Å². The first kappa shape index (κ1) is 22.8. The molecule has 0 atom stereocenters. The molecule has 4 nitrogen and oxygen atoms in total. The molecule has 0 bridgehead atoms. The summed E-state index contributed by atoms with van der Waals surface area (Å²) in [5.74, 6) is 0.0778. The van der Waals surface area contributed by atoms with Gasteiger partial charge in [-0.25, -0.2) is 9.59 Å². The van der Waals surface area contributed by atoms with Crippen LogP contribution in [0.25, 0.3) is 0 Å². The first-order valence-electron chi connectivity index (χ1n) is 11.9. The second-order valence-electron chi connectivity index (χ2n) is 8.61. The van der Waals surface area contributed by atoms with E-state index in [1.54, 1.807) is 48.5 Å². The van der Waals surface area contributed by atoms with Crippen molar-refractivity contribution < 1.29 is 19.1 Å². The number of esters is 2. The van der Waals surface area contributed by atoms with E-state index in [-0.39, 0.29) is 0 Å². The van der Waals surface area contributed by atoms with E-state index >= 15 is 0 Å². The van der Waals surface area contributed by atoms with Crippen molar-refractivity contribution in [3.8, 4) is 11.5 Å². The van der Waals surface area contributed by atoms with Gasteiger partial charge in [-0.2, -0.15) is 0 Å². The Bertz CT molecular complexity index is 1080. The molecule has 0 N–H and O–H groups in total. The number of carbonyl (C=O) groups excluding carboxylic acids is 2. The average molecular weight is 443 g/mol. The van der Waals surface area contributed by atoms with E-state index in [2.05, 4.69) is 13.0 Å². The van der Waals surface area contributed by atoms with Gasteiger partial charge in [0, 0.05) is 5.56 Å². The molecule has 1 aliphatic carbocycles. The smallest absolute Gasteiger partial charge is 0.343 e. The molecule has 1 fully saturated rings. The van der Waals surface area contributed by atoms with Crippen LogP contribution in [0.4, 0.5) is 0 Å². The van der Waals surface area contributed by atoms with Gasteiger partial charge in [0.15, 0.2) is 11.5 Å². The summed E-state index contributed by atoms with van der Waals surface area (Å²) >= 11 is 0. The number of hydrogen-bond donors (Lipinski definition) is 0. The first-order valence-corrected chi connectivity index (χ1v) is 11.9. The van der Waals surface area contributed by atoms with Crippen molar-refractivity contribution in [2.75, 3.05) is 0 Å². The first-order chi connectivity index (χ1) is 16.2. The van der Waals surface area contributed by atoms with E-state index in [9.17, 15) is 9.59 Å². The number of ether oxygens (including phenoxy) is 2. The molecular formula is C29H30O4. The van der Waals surface area contributed by atoms with E-state index in [1.807, 2.05) is 18.2 Å². The number of carbonyl (C=O) groups is 2. The molecule has 0 aliphatic heterocycles.